The maximum absolute atomic E-state index is 11.9. The van der Waals surface area contributed by atoms with Crippen molar-refractivity contribution in [3.63, 3.8) is 0 Å². The highest BCUT2D eigenvalue weighted by Gasteiger charge is 2.20. The molecule has 0 saturated heterocycles. The van der Waals surface area contributed by atoms with Gasteiger partial charge in [-0.1, -0.05) is 27.7 Å². The van der Waals surface area contributed by atoms with Gasteiger partial charge in [0.05, 0.1) is 5.69 Å². The lowest BCUT2D eigenvalue weighted by Gasteiger charge is -2.27. The number of carbonyl (C=O) groups is 1. The lowest BCUT2D eigenvalue weighted by molar-refractivity contribution is 0.0932. The van der Waals surface area contributed by atoms with E-state index >= 15 is 0 Å². The van der Waals surface area contributed by atoms with E-state index in [4.69, 9.17) is 5.84 Å². The Labute approximate surface area is 108 Å². The number of hydrogen-bond donors (Lipinski definition) is 3. The third-order valence-electron chi connectivity index (χ3n) is 3.21. The van der Waals surface area contributed by atoms with Crippen LogP contribution in [-0.4, -0.2) is 17.4 Å². The minimum absolute atomic E-state index is 0.168. The van der Waals surface area contributed by atoms with Gasteiger partial charge in [0.1, 0.15) is 5.69 Å². The van der Waals surface area contributed by atoms with Gasteiger partial charge in [-0.15, -0.1) is 0 Å². The van der Waals surface area contributed by atoms with Crippen LogP contribution in [0.1, 0.15) is 38.2 Å². The molecule has 1 atom stereocenters. The number of nitrogen functional groups attached to an aromatic ring is 1. The number of hydrazine groups is 1. The predicted octanol–water partition coefficient (Wildman–Crippen LogP) is 1.78. The Morgan fingerprint density at radius 1 is 1.50 bits per heavy atom. The molecule has 100 valence electrons. The summed E-state index contributed by atoms with van der Waals surface area (Å²) in [7, 11) is 0. The molecule has 1 aromatic heterocycles. The number of anilines is 1. The summed E-state index contributed by atoms with van der Waals surface area (Å²) in [4.78, 5) is 15.9. The summed E-state index contributed by atoms with van der Waals surface area (Å²) in [5.41, 5.74) is 3.69. The Kier molecular flexibility index (Phi) is 4.67. The molecule has 0 aliphatic carbocycles. The minimum Gasteiger partial charge on any atom is -0.350 e. The summed E-state index contributed by atoms with van der Waals surface area (Å²) >= 11 is 0. The third-order valence-corrected chi connectivity index (χ3v) is 3.21. The first kappa shape index (κ1) is 14.4. The van der Waals surface area contributed by atoms with Crippen LogP contribution in [0, 0.1) is 11.3 Å². The normalized spacial score (nSPS) is 12.9. The molecule has 0 aromatic carbocycles. The molecular formula is C13H22N4O. The molecule has 1 unspecified atom stereocenters. The largest absolute Gasteiger partial charge is 0.350 e. The molecule has 1 aromatic rings. The predicted molar refractivity (Wildman–Crippen MR) is 73.0 cm³/mol. The SMILES string of the molecule is CC(CNC(=O)c1cc(NN)ccn1)C(C)(C)C. The molecule has 18 heavy (non-hydrogen) atoms. The summed E-state index contributed by atoms with van der Waals surface area (Å²) in [6.45, 7) is 9.21. The van der Waals surface area contributed by atoms with Gasteiger partial charge in [0, 0.05) is 12.7 Å². The Hall–Kier alpha value is -1.62. The number of nitrogens with two attached hydrogens (primary N) is 1. The third kappa shape index (κ3) is 4.00. The van der Waals surface area contributed by atoms with Gasteiger partial charge in [-0.25, -0.2) is 0 Å². The van der Waals surface area contributed by atoms with Crippen LogP contribution < -0.4 is 16.6 Å². The van der Waals surface area contributed by atoms with Crippen LogP contribution in [0.3, 0.4) is 0 Å². The number of pyridine rings is 1. The molecule has 0 spiro atoms. The van der Waals surface area contributed by atoms with Crippen molar-refractivity contribution in [2.45, 2.75) is 27.7 Å². The van der Waals surface area contributed by atoms with E-state index < -0.39 is 0 Å². The number of aromatic nitrogens is 1. The Morgan fingerprint density at radius 3 is 2.72 bits per heavy atom. The summed E-state index contributed by atoms with van der Waals surface area (Å²) in [6.07, 6.45) is 1.55. The summed E-state index contributed by atoms with van der Waals surface area (Å²) in [5, 5.41) is 2.89. The fraction of sp³-hybridized carbons (Fsp3) is 0.538. The van der Waals surface area contributed by atoms with E-state index in [0.717, 1.165) is 0 Å². The van der Waals surface area contributed by atoms with Crippen LogP contribution in [0.15, 0.2) is 18.3 Å². The molecule has 1 heterocycles. The van der Waals surface area contributed by atoms with Crippen molar-refractivity contribution in [2.75, 3.05) is 12.0 Å². The highest BCUT2D eigenvalue weighted by molar-refractivity contribution is 5.93. The average Bonchev–Trinajstić information content (AvgIpc) is 2.34. The van der Waals surface area contributed by atoms with Crippen molar-refractivity contribution in [1.29, 1.82) is 0 Å². The monoisotopic (exact) mass is 250 g/mol. The van der Waals surface area contributed by atoms with E-state index in [1.54, 1.807) is 18.3 Å². The van der Waals surface area contributed by atoms with Crippen LogP contribution in [0.2, 0.25) is 0 Å². The lowest BCUT2D eigenvalue weighted by Crippen LogP contribution is -2.34. The number of rotatable bonds is 4. The van der Waals surface area contributed by atoms with E-state index in [0.29, 0.717) is 23.8 Å². The molecule has 5 nitrogen and oxygen atoms in total. The number of carbonyl (C=O) groups excluding carboxylic acids is 1. The number of amides is 1. The van der Waals surface area contributed by atoms with Crippen LogP contribution in [0.4, 0.5) is 5.69 Å². The van der Waals surface area contributed by atoms with Gasteiger partial charge in [-0.3, -0.25) is 15.6 Å². The number of nitrogens with zero attached hydrogens (tertiary/aromatic N) is 1. The van der Waals surface area contributed by atoms with Gasteiger partial charge in [0.25, 0.3) is 5.91 Å². The van der Waals surface area contributed by atoms with Gasteiger partial charge >= 0.3 is 0 Å². The van der Waals surface area contributed by atoms with E-state index in [1.165, 1.54) is 0 Å². The Morgan fingerprint density at radius 2 is 2.17 bits per heavy atom. The smallest absolute Gasteiger partial charge is 0.269 e. The van der Waals surface area contributed by atoms with Gasteiger partial charge in [-0.05, 0) is 23.5 Å². The van der Waals surface area contributed by atoms with Crippen LogP contribution in [-0.2, 0) is 0 Å². The quantitative estimate of drug-likeness (QED) is 0.562. The van der Waals surface area contributed by atoms with Crippen LogP contribution >= 0.6 is 0 Å². The standard InChI is InChI=1S/C13H22N4O/c1-9(13(2,3)4)8-16-12(18)11-7-10(17-14)5-6-15-11/h5-7,9H,8,14H2,1-4H3,(H,15,17)(H,16,18). The number of hydrogen-bond acceptors (Lipinski definition) is 4. The molecule has 0 saturated carbocycles. The highest BCUT2D eigenvalue weighted by atomic mass is 16.1. The van der Waals surface area contributed by atoms with Gasteiger partial charge < -0.3 is 10.7 Å². The van der Waals surface area contributed by atoms with Gasteiger partial charge in [-0.2, -0.15) is 0 Å². The topological polar surface area (TPSA) is 80.0 Å². The van der Waals surface area contributed by atoms with Crippen molar-refractivity contribution in [3.05, 3.63) is 24.0 Å². The summed E-state index contributed by atoms with van der Waals surface area (Å²) in [6, 6.07) is 3.33. The zero-order valence-corrected chi connectivity index (χ0v) is 11.4. The number of nitrogens with one attached hydrogen (secondary N) is 2. The molecule has 1 rings (SSSR count). The van der Waals surface area contributed by atoms with E-state index in [9.17, 15) is 4.79 Å². The molecule has 5 heteroatoms. The van der Waals surface area contributed by atoms with Gasteiger partial charge in [0.15, 0.2) is 0 Å². The molecule has 1 amide bonds. The summed E-state index contributed by atoms with van der Waals surface area (Å²) in [5.74, 6) is 5.50. The molecule has 0 bridgehead atoms. The molecule has 0 fully saturated rings. The second-order valence-electron chi connectivity index (χ2n) is 5.55. The highest BCUT2D eigenvalue weighted by Crippen LogP contribution is 2.24. The zero-order chi connectivity index (χ0) is 13.8. The fourth-order valence-corrected chi connectivity index (χ4v) is 1.29. The van der Waals surface area contributed by atoms with E-state index in [1.807, 2.05) is 0 Å². The molecular weight excluding hydrogens is 228 g/mol. The maximum atomic E-state index is 11.9. The maximum Gasteiger partial charge on any atom is 0.269 e. The van der Waals surface area contributed by atoms with Crippen molar-refractivity contribution >= 4 is 11.6 Å². The van der Waals surface area contributed by atoms with Crippen molar-refractivity contribution in [2.24, 2.45) is 17.2 Å². The first-order chi connectivity index (χ1) is 8.34. The van der Waals surface area contributed by atoms with Gasteiger partial charge in [0.2, 0.25) is 0 Å². The van der Waals surface area contributed by atoms with Crippen molar-refractivity contribution in [1.82, 2.24) is 10.3 Å². The molecule has 0 aliphatic heterocycles. The Balaban J connectivity index is 2.60. The molecule has 4 N–H and O–H groups in total. The summed E-state index contributed by atoms with van der Waals surface area (Å²) < 4.78 is 0. The zero-order valence-electron chi connectivity index (χ0n) is 11.4. The van der Waals surface area contributed by atoms with Crippen LogP contribution in [0.25, 0.3) is 0 Å². The first-order valence-corrected chi connectivity index (χ1v) is 6.05. The van der Waals surface area contributed by atoms with Crippen LogP contribution in [0.5, 0.6) is 0 Å². The van der Waals surface area contributed by atoms with Crippen molar-refractivity contribution in [3.8, 4) is 0 Å². The Bertz CT molecular complexity index is 412. The molecule has 0 radical (unpaired) electrons. The second kappa shape index (κ2) is 5.82. The first-order valence-electron chi connectivity index (χ1n) is 6.05. The van der Waals surface area contributed by atoms with E-state index in [-0.39, 0.29) is 11.3 Å². The minimum atomic E-state index is -0.178. The van der Waals surface area contributed by atoms with Crippen molar-refractivity contribution < 1.29 is 4.79 Å². The fourth-order valence-electron chi connectivity index (χ4n) is 1.29. The van der Waals surface area contributed by atoms with E-state index in [2.05, 4.69) is 43.4 Å². The average molecular weight is 250 g/mol. The second-order valence-corrected chi connectivity index (χ2v) is 5.55. The lowest BCUT2D eigenvalue weighted by atomic mass is 9.82. The molecule has 0 aliphatic rings.